The fourth-order valence-corrected chi connectivity index (χ4v) is 10.9. The van der Waals surface area contributed by atoms with Crippen LogP contribution in [0.25, 0.3) is 0 Å². The van der Waals surface area contributed by atoms with Crippen LogP contribution in [0.1, 0.15) is 64.4 Å². The molecular formula is C29H43NO9. The molecule has 2 aliphatic heterocycles. The molecule has 0 unspecified atom stereocenters. The molecule has 4 aliphatic carbocycles. The molecule has 11 atom stereocenters. The first kappa shape index (κ1) is 27.6. The van der Waals surface area contributed by atoms with Crippen molar-refractivity contribution in [3.63, 3.8) is 0 Å². The molecular weight excluding hydrogens is 506 g/mol. The van der Waals surface area contributed by atoms with Gasteiger partial charge in [-0.3, -0.25) is 0 Å². The van der Waals surface area contributed by atoms with Gasteiger partial charge in [0.1, 0.15) is 28.1 Å². The molecule has 0 radical (unpaired) electrons. The van der Waals surface area contributed by atoms with Gasteiger partial charge in [0.25, 0.3) is 0 Å². The van der Waals surface area contributed by atoms with Crippen molar-refractivity contribution in [2.75, 3.05) is 21.3 Å². The van der Waals surface area contributed by atoms with Crippen LogP contribution in [0.2, 0.25) is 0 Å². The molecule has 218 valence electrons. The minimum Gasteiger partial charge on any atom is -0.451 e. The van der Waals surface area contributed by atoms with Crippen molar-refractivity contribution in [1.29, 1.82) is 0 Å². The van der Waals surface area contributed by atoms with Crippen molar-refractivity contribution in [2.45, 2.75) is 99.9 Å². The van der Waals surface area contributed by atoms with Gasteiger partial charge in [-0.25, -0.2) is 4.79 Å². The van der Waals surface area contributed by atoms with Crippen LogP contribution >= 0.6 is 0 Å². The summed E-state index contributed by atoms with van der Waals surface area (Å²) in [5, 5.41) is 39.6. The standard InChI is InChI=1S/C29H43NO9/c1-16(2)26(33)21(38-20(31)18-11-10-14-30(18)6)28(37-9)22(4)15-25(36-8)23(26,5)29(28,34)27(39-25)19(35-7)17(3)12-13-24(22,27)32/h10-11,14,16-17,19,21,32-34H,12-13,15H2,1-9H3/t17-,19+,21+,22-,23-,24-,25-,26+,27+,28+,29-/m0/s1. The van der Waals surface area contributed by atoms with Gasteiger partial charge in [-0.05, 0) is 43.7 Å². The Morgan fingerprint density at radius 2 is 1.82 bits per heavy atom. The monoisotopic (exact) mass is 549 g/mol. The van der Waals surface area contributed by atoms with E-state index in [0.717, 1.165) is 0 Å². The number of aryl methyl sites for hydroxylation is 1. The average Bonchev–Trinajstić information content (AvgIpc) is 3.43. The quantitative estimate of drug-likeness (QED) is 0.455. The highest BCUT2D eigenvalue weighted by Crippen LogP contribution is 2.91. The molecule has 6 aliphatic rings. The van der Waals surface area contributed by atoms with E-state index in [4.69, 9.17) is 23.7 Å². The Morgan fingerprint density at radius 3 is 2.33 bits per heavy atom. The summed E-state index contributed by atoms with van der Waals surface area (Å²) in [6.07, 6.45) is 0.579. The molecule has 4 saturated carbocycles. The lowest BCUT2D eigenvalue weighted by atomic mass is 9.52. The zero-order valence-electron chi connectivity index (χ0n) is 24.4. The molecule has 7 rings (SSSR count). The molecule has 10 heteroatoms. The summed E-state index contributed by atoms with van der Waals surface area (Å²) < 4.78 is 33.7. The van der Waals surface area contributed by atoms with Gasteiger partial charge in [0.15, 0.2) is 17.5 Å². The van der Waals surface area contributed by atoms with E-state index >= 15 is 0 Å². The van der Waals surface area contributed by atoms with Crippen LogP contribution in [0.15, 0.2) is 18.3 Å². The Hall–Kier alpha value is -1.53. The van der Waals surface area contributed by atoms with E-state index in [1.54, 1.807) is 44.0 Å². The Labute approximate surface area is 229 Å². The summed E-state index contributed by atoms with van der Waals surface area (Å²) in [6, 6.07) is 3.36. The van der Waals surface area contributed by atoms with Crippen LogP contribution in [-0.2, 0) is 30.7 Å². The molecule has 3 N–H and O–H groups in total. The third-order valence-corrected chi connectivity index (χ3v) is 12.4. The van der Waals surface area contributed by atoms with Gasteiger partial charge in [-0.2, -0.15) is 0 Å². The maximum Gasteiger partial charge on any atom is 0.355 e. The van der Waals surface area contributed by atoms with Crippen LogP contribution in [0.4, 0.5) is 0 Å². The molecule has 1 aromatic rings. The van der Waals surface area contributed by atoms with Crippen LogP contribution in [-0.4, -0.2) is 93.2 Å². The number of hydrogen-bond donors (Lipinski definition) is 3. The minimum absolute atomic E-state index is 0.0967. The number of aliphatic hydroxyl groups is 3. The van der Waals surface area contributed by atoms with Crippen molar-refractivity contribution in [3.8, 4) is 0 Å². The normalized spacial score (nSPS) is 54.9. The van der Waals surface area contributed by atoms with E-state index in [0.29, 0.717) is 12.8 Å². The lowest BCUT2D eigenvalue weighted by Crippen LogP contribution is -2.75. The Morgan fingerprint density at radius 1 is 1.15 bits per heavy atom. The number of carbonyl (C=O) groups is 1. The first-order valence-corrected chi connectivity index (χ1v) is 13.9. The van der Waals surface area contributed by atoms with E-state index in [2.05, 4.69) is 0 Å². The second-order valence-electron chi connectivity index (χ2n) is 13.4. The Balaban J connectivity index is 1.73. The minimum atomic E-state index is -2.10. The van der Waals surface area contributed by atoms with Crippen LogP contribution < -0.4 is 0 Å². The summed E-state index contributed by atoms with van der Waals surface area (Å²) >= 11 is 0. The topological polar surface area (TPSA) is 129 Å². The first-order valence-electron chi connectivity index (χ1n) is 13.9. The molecule has 0 aromatic carbocycles. The first-order chi connectivity index (χ1) is 18.1. The Bertz CT molecular complexity index is 1230. The molecule has 1 aromatic heterocycles. The van der Waals surface area contributed by atoms with Gasteiger partial charge < -0.3 is 43.6 Å². The average molecular weight is 550 g/mol. The second-order valence-corrected chi connectivity index (χ2v) is 13.4. The fraction of sp³-hybridized carbons (Fsp3) is 0.828. The van der Waals surface area contributed by atoms with Gasteiger partial charge >= 0.3 is 5.97 Å². The lowest BCUT2D eigenvalue weighted by molar-refractivity contribution is -0.397. The number of carbonyl (C=O) groups excluding carboxylic acids is 1. The zero-order chi connectivity index (χ0) is 28.8. The lowest BCUT2D eigenvalue weighted by Gasteiger charge is -2.62. The van der Waals surface area contributed by atoms with Crippen molar-refractivity contribution in [3.05, 3.63) is 24.0 Å². The number of aromatic nitrogens is 1. The van der Waals surface area contributed by atoms with Crippen molar-refractivity contribution < 1.29 is 43.8 Å². The molecule has 10 nitrogen and oxygen atoms in total. The molecule has 3 heterocycles. The molecule has 1 spiro atoms. The number of rotatable bonds is 6. The van der Waals surface area contributed by atoms with E-state index in [1.807, 2.05) is 27.7 Å². The molecule has 6 bridgehead atoms. The van der Waals surface area contributed by atoms with Crippen LogP contribution in [0.3, 0.4) is 0 Å². The van der Waals surface area contributed by atoms with E-state index in [1.165, 1.54) is 14.2 Å². The SMILES string of the molecule is CO[C@@H]1[C@@H](C)CC[C@]2(O)[C@]3(C)C[C@]4(OC)O[C@]12[C@]1(O)[C@@]3(OC)[C@H](OC(=O)c2cccn2C)[C@](O)(C(C)C)[C@]41C. The summed E-state index contributed by atoms with van der Waals surface area (Å²) in [4.78, 5) is 13.8. The molecule has 6 fully saturated rings. The van der Waals surface area contributed by atoms with Gasteiger partial charge in [0.05, 0.1) is 11.5 Å². The molecule has 39 heavy (non-hydrogen) atoms. The van der Waals surface area contributed by atoms with Crippen molar-refractivity contribution in [1.82, 2.24) is 4.57 Å². The molecule has 0 amide bonds. The van der Waals surface area contributed by atoms with E-state index < -0.39 is 68.7 Å². The molecule has 2 saturated heterocycles. The number of nitrogens with zero attached hydrogens (tertiary/aromatic N) is 1. The smallest absolute Gasteiger partial charge is 0.355 e. The largest absolute Gasteiger partial charge is 0.451 e. The van der Waals surface area contributed by atoms with Crippen LogP contribution in [0, 0.1) is 22.7 Å². The summed E-state index contributed by atoms with van der Waals surface area (Å²) in [7, 11) is 6.21. The second kappa shape index (κ2) is 7.45. The highest BCUT2D eigenvalue weighted by atomic mass is 16.7. The predicted molar refractivity (Wildman–Crippen MR) is 138 cm³/mol. The summed E-state index contributed by atoms with van der Waals surface area (Å²) in [6.45, 7) is 9.21. The number of esters is 1. The van der Waals surface area contributed by atoms with Crippen molar-refractivity contribution >= 4 is 5.97 Å². The van der Waals surface area contributed by atoms with E-state index in [-0.39, 0.29) is 18.0 Å². The highest BCUT2D eigenvalue weighted by molar-refractivity contribution is 5.88. The number of hydrogen-bond acceptors (Lipinski definition) is 9. The zero-order valence-corrected chi connectivity index (χ0v) is 24.4. The Kier molecular flexibility index (Phi) is 5.28. The van der Waals surface area contributed by atoms with E-state index in [9.17, 15) is 20.1 Å². The highest BCUT2D eigenvalue weighted by Gasteiger charge is 3.11. The fourth-order valence-electron chi connectivity index (χ4n) is 10.9. The number of methoxy groups -OCH3 is 3. The number of ether oxygens (including phenoxy) is 5. The summed E-state index contributed by atoms with van der Waals surface area (Å²) in [5.74, 6) is -2.88. The van der Waals surface area contributed by atoms with Gasteiger partial charge in [0, 0.05) is 46.4 Å². The third-order valence-electron chi connectivity index (χ3n) is 12.4. The predicted octanol–water partition coefficient (Wildman–Crippen LogP) is 1.79. The maximum absolute atomic E-state index is 13.8. The summed E-state index contributed by atoms with van der Waals surface area (Å²) in [5.41, 5.74) is -11.8. The van der Waals surface area contributed by atoms with Gasteiger partial charge in [0.2, 0.25) is 0 Å². The third kappa shape index (κ3) is 2.13. The van der Waals surface area contributed by atoms with Gasteiger partial charge in [-0.1, -0.05) is 27.7 Å². The van der Waals surface area contributed by atoms with Gasteiger partial charge in [-0.15, -0.1) is 0 Å². The van der Waals surface area contributed by atoms with Crippen LogP contribution in [0.5, 0.6) is 0 Å². The van der Waals surface area contributed by atoms with Crippen molar-refractivity contribution in [2.24, 2.45) is 29.7 Å². The maximum atomic E-state index is 13.8.